The first kappa shape index (κ1) is 13.4. The standard InChI is InChI=1S/C12H10N4O4/c1-6-7(12(19)20)2-3-8(13-6)11(18)14-9-4-5-10(17)16-15-9/h2-5H,1H3,(H,16,17)(H,19,20)(H,14,15,18). The second-order valence-corrected chi connectivity index (χ2v) is 3.90. The Bertz CT molecular complexity index is 718. The minimum absolute atomic E-state index is 0.0312. The third-order valence-electron chi connectivity index (χ3n) is 2.47. The zero-order chi connectivity index (χ0) is 14.7. The highest BCUT2D eigenvalue weighted by molar-refractivity contribution is 6.02. The molecule has 0 saturated carbocycles. The molecule has 0 aliphatic carbocycles. The molecule has 8 heteroatoms. The molecule has 0 fully saturated rings. The van der Waals surface area contributed by atoms with Crippen molar-refractivity contribution < 1.29 is 14.7 Å². The smallest absolute Gasteiger partial charge is 0.337 e. The number of aromatic carboxylic acids is 1. The van der Waals surface area contributed by atoms with Crippen molar-refractivity contribution in [3.63, 3.8) is 0 Å². The third-order valence-corrected chi connectivity index (χ3v) is 2.47. The molecule has 1 amide bonds. The van der Waals surface area contributed by atoms with Gasteiger partial charge in [0.2, 0.25) is 0 Å². The van der Waals surface area contributed by atoms with E-state index < -0.39 is 11.9 Å². The number of nitrogens with zero attached hydrogens (tertiary/aromatic N) is 2. The van der Waals surface area contributed by atoms with Gasteiger partial charge in [0.05, 0.1) is 11.3 Å². The minimum Gasteiger partial charge on any atom is -0.478 e. The molecule has 2 heterocycles. The van der Waals surface area contributed by atoms with Crippen molar-refractivity contribution in [2.45, 2.75) is 6.92 Å². The number of carbonyl (C=O) groups excluding carboxylic acids is 1. The van der Waals surface area contributed by atoms with Crippen molar-refractivity contribution in [2.75, 3.05) is 5.32 Å². The average molecular weight is 274 g/mol. The Morgan fingerprint density at radius 3 is 2.55 bits per heavy atom. The lowest BCUT2D eigenvalue weighted by Gasteiger charge is -2.05. The number of amides is 1. The first-order chi connectivity index (χ1) is 9.47. The van der Waals surface area contributed by atoms with Gasteiger partial charge in [-0.3, -0.25) is 9.59 Å². The summed E-state index contributed by atoms with van der Waals surface area (Å²) in [5, 5.41) is 17.1. The fourth-order valence-electron chi connectivity index (χ4n) is 1.51. The number of carboxylic acids is 1. The Hall–Kier alpha value is -3.03. The number of H-pyrrole nitrogens is 1. The van der Waals surface area contributed by atoms with E-state index >= 15 is 0 Å². The molecule has 0 aliphatic rings. The van der Waals surface area contributed by atoms with Crippen LogP contribution in [0.1, 0.15) is 26.5 Å². The van der Waals surface area contributed by atoms with Crippen LogP contribution in [0.15, 0.2) is 29.1 Å². The molecular formula is C12H10N4O4. The second kappa shape index (κ2) is 5.31. The van der Waals surface area contributed by atoms with Crippen LogP contribution >= 0.6 is 0 Å². The summed E-state index contributed by atoms with van der Waals surface area (Å²) in [5.74, 6) is -1.50. The maximum atomic E-state index is 11.9. The van der Waals surface area contributed by atoms with Gasteiger partial charge in [-0.2, -0.15) is 5.10 Å². The topological polar surface area (TPSA) is 125 Å². The summed E-state index contributed by atoms with van der Waals surface area (Å²) in [6.07, 6.45) is 0. The molecular weight excluding hydrogens is 264 g/mol. The summed E-state index contributed by atoms with van der Waals surface area (Å²) in [4.78, 5) is 37.5. The second-order valence-electron chi connectivity index (χ2n) is 3.90. The molecule has 2 aromatic heterocycles. The Morgan fingerprint density at radius 1 is 1.25 bits per heavy atom. The molecule has 0 radical (unpaired) electrons. The van der Waals surface area contributed by atoms with Gasteiger partial charge in [0, 0.05) is 6.07 Å². The summed E-state index contributed by atoms with van der Waals surface area (Å²) in [5.41, 5.74) is -0.0634. The normalized spacial score (nSPS) is 10.1. The third kappa shape index (κ3) is 2.86. The lowest BCUT2D eigenvalue weighted by Crippen LogP contribution is -2.18. The van der Waals surface area contributed by atoms with E-state index in [0.717, 1.165) is 0 Å². The molecule has 0 aromatic carbocycles. The van der Waals surface area contributed by atoms with Crippen molar-refractivity contribution in [2.24, 2.45) is 0 Å². The molecule has 102 valence electrons. The van der Waals surface area contributed by atoms with Crippen LogP contribution in [0.25, 0.3) is 0 Å². The van der Waals surface area contributed by atoms with Gasteiger partial charge in [-0.15, -0.1) is 0 Å². The number of rotatable bonds is 3. The summed E-state index contributed by atoms with van der Waals surface area (Å²) in [6, 6.07) is 5.17. The number of hydrogen-bond acceptors (Lipinski definition) is 5. The van der Waals surface area contributed by atoms with Crippen molar-refractivity contribution in [1.29, 1.82) is 0 Å². The zero-order valence-electron chi connectivity index (χ0n) is 10.4. The number of aromatic amines is 1. The van der Waals surface area contributed by atoms with Crippen molar-refractivity contribution in [3.05, 3.63) is 51.6 Å². The molecule has 0 atom stereocenters. The number of pyridine rings is 1. The van der Waals surface area contributed by atoms with Crippen molar-refractivity contribution in [3.8, 4) is 0 Å². The Kier molecular flexibility index (Phi) is 3.56. The molecule has 0 spiro atoms. The van der Waals surface area contributed by atoms with Crippen LogP contribution in [0.5, 0.6) is 0 Å². The molecule has 0 unspecified atom stereocenters. The summed E-state index contributed by atoms with van der Waals surface area (Å²) >= 11 is 0. The Balaban J connectivity index is 2.21. The maximum absolute atomic E-state index is 11.9. The molecule has 3 N–H and O–H groups in total. The molecule has 0 saturated heterocycles. The van der Waals surface area contributed by atoms with E-state index in [4.69, 9.17) is 5.11 Å². The van der Waals surface area contributed by atoms with E-state index in [1.807, 2.05) is 0 Å². The molecule has 20 heavy (non-hydrogen) atoms. The number of anilines is 1. The van der Waals surface area contributed by atoms with E-state index in [1.165, 1.54) is 31.2 Å². The molecule has 0 bridgehead atoms. The summed E-state index contributed by atoms with van der Waals surface area (Å²) in [7, 11) is 0. The fourth-order valence-corrected chi connectivity index (χ4v) is 1.51. The van der Waals surface area contributed by atoms with E-state index in [9.17, 15) is 14.4 Å². The minimum atomic E-state index is -1.11. The van der Waals surface area contributed by atoms with Crippen LogP contribution in [0, 0.1) is 6.92 Å². The van der Waals surface area contributed by atoms with Gasteiger partial charge in [-0.25, -0.2) is 14.9 Å². The fraction of sp³-hybridized carbons (Fsp3) is 0.0833. The number of aromatic nitrogens is 3. The van der Waals surface area contributed by atoms with E-state index in [1.54, 1.807) is 0 Å². The van der Waals surface area contributed by atoms with Gasteiger partial charge < -0.3 is 10.4 Å². The van der Waals surface area contributed by atoms with Gasteiger partial charge in [-0.1, -0.05) is 0 Å². The van der Waals surface area contributed by atoms with Crippen molar-refractivity contribution >= 4 is 17.7 Å². The summed E-state index contributed by atoms with van der Waals surface area (Å²) in [6.45, 7) is 1.50. The van der Waals surface area contributed by atoms with Crippen LogP contribution in [-0.2, 0) is 0 Å². The molecule has 2 rings (SSSR count). The number of aryl methyl sites for hydroxylation is 1. The first-order valence-electron chi connectivity index (χ1n) is 5.55. The molecule has 2 aromatic rings. The van der Waals surface area contributed by atoms with Crippen LogP contribution in [0.3, 0.4) is 0 Å². The van der Waals surface area contributed by atoms with Gasteiger partial charge in [0.25, 0.3) is 11.5 Å². The lowest BCUT2D eigenvalue weighted by atomic mass is 10.2. The highest BCUT2D eigenvalue weighted by atomic mass is 16.4. The van der Waals surface area contributed by atoms with Crippen LogP contribution < -0.4 is 10.9 Å². The van der Waals surface area contributed by atoms with Gasteiger partial charge in [0.1, 0.15) is 5.69 Å². The quantitative estimate of drug-likeness (QED) is 0.745. The largest absolute Gasteiger partial charge is 0.478 e. The molecule has 8 nitrogen and oxygen atoms in total. The number of carboxylic acid groups (broad SMARTS) is 1. The summed E-state index contributed by atoms with van der Waals surface area (Å²) < 4.78 is 0. The highest BCUT2D eigenvalue weighted by Crippen LogP contribution is 2.08. The predicted octanol–water partition coefficient (Wildman–Crippen LogP) is 0.424. The lowest BCUT2D eigenvalue weighted by molar-refractivity contribution is 0.0695. The number of carbonyl (C=O) groups is 2. The van der Waals surface area contributed by atoms with Crippen LogP contribution in [-0.4, -0.2) is 32.2 Å². The van der Waals surface area contributed by atoms with Crippen molar-refractivity contribution in [1.82, 2.24) is 15.2 Å². The predicted molar refractivity (Wildman–Crippen MR) is 68.7 cm³/mol. The van der Waals surface area contributed by atoms with Gasteiger partial charge in [-0.05, 0) is 25.1 Å². The highest BCUT2D eigenvalue weighted by Gasteiger charge is 2.13. The zero-order valence-corrected chi connectivity index (χ0v) is 10.4. The van der Waals surface area contributed by atoms with Gasteiger partial charge in [0.15, 0.2) is 5.82 Å². The Morgan fingerprint density at radius 2 is 2.00 bits per heavy atom. The number of nitrogens with one attached hydrogen (secondary N) is 2. The Labute approximate surface area is 112 Å². The molecule has 0 aliphatic heterocycles. The maximum Gasteiger partial charge on any atom is 0.337 e. The van der Waals surface area contributed by atoms with Crippen LogP contribution in [0.4, 0.5) is 5.82 Å². The van der Waals surface area contributed by atoms with E-state index in [2.05, 4.69) is 20.5 Å². The van der Waals surface area contributed by atoms with E-state index in [0.29, 0.717) is 0 Å². The SMILES string of the molecule is Cc1nc(C(=O)Nc2ccc(=O)[nH]n2)ccc1C(=O)O. The average Bonchev–Trinajstić information content (AvgIpc) is 2.40. The monoisotopic (exact) mass is 274 g/mol. The van der Waals surface area contributed by atoms with E-state index in [-0.39, 0.29) is 28.3 Å². The number of hydrogen-bond donors (Lipinski definition) is 3. The first-order valence-corrected chi connectivity index (χ1v) is 5.55. The van der Waals surface area contributed by atoms with Crippen LogP contribution in [0.2, 0.25) is 0 Å². The van der Waals surface area contributed by atoms with Gasteiger partial charge >= 0.3 is 5.97 Å².